The number of benzene rings is 1. The van der Waals surface area contributed by atoms with E-state index in [2.05, 4.69) is 28.9 Å². The first-order chi connectivity index (χ1) is 10.1. The Labute approximate surface area is 131 Å². The number of pyridine rings is 1. The number of aryl methyl sites for hydroxylation is 1. The molecule has 2 N–H and O–H groups in total. The molecule has 3 nitrogen and oxygen atoms in total. The summed E-state index contributed by atoms with van der Waals surface area (Å²) < 4.78 is 0. The molecule has 0 aliphatic carbocycles. The molecule has 0 amide bonds. The van der Waals surface area contributed by atoms with E-state index in [9.17, 15) is 0 Å². The average Bonchev–Trinajstić information content (AvgIpc) is 2.48. The first kappa shape index (κ1) is 15.4. The summed E-state index contributed by atoms with van der Waals surface area (Å²) in [6.45, 7) is 5.06. The fourth-order valence-electron chi connectivity index (χ4n) is 2.22. The van der Waals surface area contributed by atoms with Gasteiger partial charge in [0.2, 0.25) is 0 Å². The van der Waals surface area contributed by atoms with Gasteiger partial charge in [-0.05, 0) is 37.6 Å². The maximum Gasteiger partial charge on any atom is 0.143 e. The van der Waals surface area contributed by atoms with Crippen molar-refractivity contribution in [2.75, 3.05) is 11.4 Å². The second-order valence-electron chi connectivity index (χ2n) is 5.03. The van der Waals surface area contributed by atoms with Gasteiger partial charge in [-0.1, -0.05) is 43.8 Å². The number of thiocarbonyl (C=S) groups is 1. The molecule has 0 saturated carbocycles. The lowest BCUT2D eigenvalue weighted by Crippen LogP contribution is -2.24. The van der Waals surface area contributed by atoms with Gasteiger partial charge in [-0.2, -0.15) is 0 Å². The van der Waals surface area contributed by atoms with E-state index in [0.717, 1.165) is 42.1 Å². The number of nitrogens with two attached hydrogens (primary N) is 1. The molecule has 0 spiro atoms. The number of anilines is 2. The number of hydrogen-bond acceptors (Lipinski definition) is 3. The van der Waals surface area contributed by atoms with E-state index < -0.39 is 0 Å². The third kappa shape index (κ3) is 3.79. The minimum atomic E-state index is 0.384. The molecule has 1 heterocycles. The highest BCUT2D eigenvalue weighted by Crippen LogP contribution is 2.27. The van der Waals surface area contributed by atoms with Crippen LogP contribution in [0.15, 0.2) is 42.5 Å². The van der Waals surface area contributed by atoms with Crippen LogP contribution >= 0.6 is 12.2 Å². The topological polar surface area (TPSA) is 42.2 Å². The van der Waals surface area contributed by atoms with E-state index in [0.29, 0.717) is 4.99 Å². The lowest BCUT2D eigenvalue weighted by Gasteiger charge is -2.26. The number of unbranched alkanes of at least 4 members (excludes halogenated alkanes) is 1. The Hall–Kier alpha value is -1.94. The van der Waals surface area contributed by atoms with Crippen LogP contribution in [-0.4, -0.2) is 16.5 Å². The Bertz CT molecular complexity index is 611. The third-order valence-electron chi connectivity index (χ3n) is 3.34. The van der Waals surface area contributed by atoms with Crippen LogP contribution in [0.5, 0.6) is 0 Å². The first-order valence-corrected chi connectivity index (χ1v) is 7.64. The molecular formula is C17H21N3S. The van der Waals surface area contributed by atoms with E-state index in [1.54, 1.807) is 0 Å². The second kappa shape index (κ2) is 7.18. The summed E-state index contributed by atoms with van der Waals surface area (Å²) in [6.07, 6.45) is 2.21. The van der Waals surface area contributed by atoms with Crippen molar-refractivity contribution < 1.29 is 0 Å². The molecule has 0 fully saturated rings. The SMILES string of the molecule is CCCCN(c1ccccc1)c1nc(C)ccc1C(N)=S. The van der Waals surface area contributed by atoms with Crippen LogP contribution in [0.1, 0.15) is 31.0 Å². The summed E-state index contributed by atoms with van der Waals surface area (Å²) in [4.78, 5) is 7.27. The summed E-state index contributed by atoms with van der Waals surface area (Å²) >= 11 is 5.19. The van der Waals surface area contributed by atoms with Crippen LogP contribution in [0.4, 0.5) is 11.5 Å². The Morgan fingerprint density at radius 1 is 1.19 bits per heavy atom. The maximum absolute atomic E-state index is 5.87. The molecule has 21 heavy (non-hydrogen) atoms. The number of aromatic nitrogens is 1. The summed E-state index contributed by atoms with van der Waals surface area (Å²) in [5.74, 6) is 0.849. The lowest BCUT2D eigenvalue weighted by atomic mass is 10.2. The minimum absolute atomic E-state index is 0.384. The van der Waals surface area contributed by atoms with Crippen LogP contribution in [-0.2, 0) is 0 Å². The molecule has 1 aromatic carbocycles. The van der Waals surface area contributed by atoms with Crippen molar-refractivity contribution in [2.24, 2.45) is 5.73 Å². The molecule has 0 saturated heterocycles. The molecule has 0 unspecified atom stereocenters. The predicted molar refractivity (Wildman–Crippen MR) is 93.2 cm³/mol. The Morgan fingerprint density at radius 2 is 1.90 bits per heavy atom. The van der Waals surface area contributed by atoms with Crippen molar-refractivity contribution >= 4 is 28.7 Å². The van der Waals surface area contributed by atoms with E-state index in [1.807, 2.05) is 37.3 Å². The van der Waals surface area contributed by atoms with Gasteiger partial charge >= 0.3 is 0 Å². The Morgan fingerprint density at radius 3 is 2.52 bits per heavy atom. The van der Waals surface area contributed by atoms with E-state index >= 15 is 0 Å². The molecule has 2 rings (SSSR count). The Balaban J connectivity index is 2.50. The van der Waals surface area contributed by atoms with Gasteiger partial charge in [-0.3, -0.25) is 0 Å². The van der Waals surface area contributed by atoms with Gasteiger partial charge in [0.1, 0.15) is 10.8 Å². The van der Waals surface area contributed by atoms with Crippen molar-refractivity contribution in [1.29, 1.82) is 0 Å². The van der Waals surface area contributed by atoms with Crippen LogP contribution in [0, 0.1) is 6.92 Å². The molecule has 0 radical (unpaired) electrons. The number of rotatable bonds is 6. The minimum Gasteiger partial charge on any atom is -0.389 e. The molecule has 110 valence electrons. The number of para-hydroxylation sites is 1. The van der Waals surface area contributed by atoms with Crippen LogP contribution in [0.2, 0.25) is 0 Å². The van der Waals surface area contributed by atoms with Gasteiger partial charge in [0.25, 0.3) is 0 Å². The third-order valence-corrected chi connectivity index (χ3v) is 3.56. The fourth-order valence-corrected chi connectivity index (χ4v) is 2.38. The highest BCUT2D eigenvalue weighted by Gasteiger charge is 2.16. The van der Waals surface area contributed by atoms with Crippen LogP contribution < -0.4 is 10.6 Å². The molecule has 0 aliphatic heterocycles. The van der Waals surface area contributed by atoms with Gasteiger partial charge in [-0.15, -0.1) is 0 Å². The zero-order valence-electron chi connectivity index (χ0n) is 12.5. The van der Waals surface area contributed by atoms with Crippen molar-refractivity contribution in [3.63, 3.8) is 0 Å². The molecular weight excluding hydrogens is 278 g/mol. The maximum atomic E-state index is 5.87. The molecule has 1 aromatic heterocycles. The van der Waals surface area contributed by atoms with Crippen LogP contribution in [0.25, 0.3) is 0 Å². The summed E-state index contributed by atoms with van der Waals surface area (Å²) in [5.41, 5.74) is 8.78. The average molecular weight is 299 g/mol. The van der Waals surface area contributed by atoms with Crippen molar-refractivity contribution in [1.82, 2.24) is 4.98 Å². The summed E-state index contributed by atoms with van der Waals surface area (Å²) in [6, 6.07) is 14.2. The van der Waals surface area contributed by atoms with Crippen molar-refractivity contribution in [3.8, 4) is 0 Å². The van der Waals surface area contributed by atoms with Gasteiger partial charge in [0, 0.05) is 17.9 Å². The van der Waals surface area contributed by atoms with E-state index in [-0.39, 0.29) is 0 Å². The van der Waals surface area contributed by atoms with Gasteiger partial charge in [0.15, 0.2) is 0 Å². The largest absolute Gasteiger partial charge is 0.389 e. The molecule has 0 bridgehead atoms. The van der Waals surface area contributed by atoms with Crippen molar-refractivity contribution in [3.05, 3.63) is 53.7 Å². The molecule has 0 atom stereocenters. The van der Waals surface area contributed by atoms with Crippen LogP contribution in [0.3, 0.4) is 0 Å². The quantitative estimate of drug-likeness (QED) is 0.820. The summed E-state index contributed by atoms with van der Waals surface area (Å²) in [7, 11) is 0. The van der Waals surface area contributed by atoms with Gasteiger partial charge in [-0.25, -0.2) is 4.98 Å². The second-order valence-corrected chi connectivity index (χ2v) is 5.47. The number of nitrogens with zero attached hydrogens (tertiary/aromatic N) is 2. The highest BCUT2D eigenvalue weighted by atomic mass is 32.1. The monoisotopic (exact) mass is 299 g/mol. The number of hydrogen-bond donors (Lipinski definition) is 1. The highest BCUT2D eigenvalue weighted by molar-refractivity contribution is 7.80. The summed E-state index contributed by atoms with van der Waals surface area (Å²) in [5, 5.41) is 0. The first-order valence-electron chi connectivity index (χ1n) is 7.23. The fraction of sp³-hybridized carbons (Fsp3) is 0.294. The molecule has 2 aromatic rings. The smallest absolute Gasteiger partial charge is 0.143 e. The van der Waals surface area contributed by atoms with Crippen molar-refractivity contribution in [2.45, 2.75) is 26.7 Å². The molecule has 0 aliphatic rings. The van der Waals surface area contributed by atoms with Gasteiger partial charge in [0.05, 0.1) is 5.56 Å². The van der Waals surface area contributed by atoms with E-state index in [4.69, 9.17) is 18.0 Å². The zero-order chi connectivity index (χ0) is 15.2. The zero-order valence-corrected chi connectivity index (χ0v) is 13.4. The van der Waals surface area contributed by atoms with Gasteiger partial charge < -0.3 is 10.6 Å². The normalized spacial score (nSPS) is 10.4. The predicted octanol–water partition coefficient (Wildman–Crippen LogP) is 3.96. The lowest BCUT2D eigenvalue weighted by molar-refractivity contribution is 0.778. The molecule has 4 heteroatoms. The Kier molecular flexibility index (Phi) is 5.28. The standard InChI is InChI=1S/C17H21N3S/c1-3-4-12-20(14-8-6-5-7-9-14)17-15(16(18)21)11-10-13(2)19-17/h5-11H,3-4,12H2,1-2H3,(H2,18,21). The van der Waals surface area contributed by atoms with E-state index in [1.165, 1.54) is 0 Å².